The summed E-state index contributed by atoms with van der Waals surface area (Å²) < 4.78 is 12.3. The third-order valence-corrected chi connectivity index (χ3v) is 8.25. The summed E-state index contributed by atoms with van der Waals surface area (Å²) in [7, 11) is -0.700. The van der Waals surface area contributed by atoms with Crippen molar-refractivity contribution in [3.05, 3.63) is 59.7 Å². The second-order valence-corrected chi connectivity index (χ2v) is 9.32. The van der Waals surface area contributed by atoms with Gasteiger partial charge in [0.25, 0.3) is 0 Å². The van der Waals surface area contributed by atoms with Crippen molar-refractivity contribution in [1.29, 1.82) is 0 Å². The molecule has 0 saturated carbocycles. The van der Waals surface area contributed by atoms with E-state index in [9.17, 15) is 9.00 Å². The van der Waals surface area contributed by atoms with E-state index in [1.807, 2.05) is 24.3 Å². The van der Waals surface area contributed by atoms with Gasteiger partial charge in [-0.1, -0.05) is 48.5 Å². The molecule has 2 heterocycles. The second kappa shape index (κ2) is 5.38. The van der Waals surface area contributed by atoms with Crippen LogP contribution in [0.25, 0.3) is 11.1 Å². The number of benzene rings is 2. The van der Waals surface area contributed by atoms with Crippen molar-refractivity contribution in [2.45, 2.75) is 42.1 Å². The summed E-state index contributed by atoms with van der Waals surface area (Å²) in [5.74, 6) is 0.291. The fourth-order valence-electron chi connectivity index (χ4n) is 4.96. The van der Waals surface area contributed by atoms with E-state index in [4.69, 9.17) is 0 Å². The zero-order valence-corrected chi connectivity index (χ0v) is 14.3. The van der Waals surface area contributed by atoms with Gasteiger partial charge in [0, 0.05) is 27.2 Å². The van der Waals surface area contributed by atoms with Crippen molar-refractivity contribution in [2.75, 3.05) is 0 Å². The number of fused-ring (bicyclic) bond motifs is 5. The molecule has 0 spiro atoms. The first kappa shape index (κ1) is 14.6. The number of carbonyl (C=O) groups excluding carboxylic acids is 1. The normalized spacial score (nSPS) is 30.8. The van der Waals surface area contributed by atoms with Gasteiger partial charge in [-0.15, -0.1) is 0 Å². The summed E-state index contributed by atoms with van der Waals surface area (Å²) in [6.45, 7) is 0. The molecular weight excluding hydrogens is 316 g/mol. The largest absolute Gasteiger partial charge is 0.298 e. The van der Waals surface area contributed by atoms with Crippen molar-refractivity contribution >= 4 is 16.6 Å². The Hall–Kier alpha value is -1.74. The molecule has 2 unspecified atom stereocenters. The highest BCUT2D eigenvalue weighted by Crippen LogP contribution is 2.48. The van der Waals surface area contributed by atoms with Gasteiger partial charge in [0.2, 0.25) is 0 Å². The average molecular weight is 336 g/mol. The number of ketones is 1. The topological polar surface area (TPSA) is 34.1 Å². The Labute approximate surface area is 144 Å². The van der Waals surface area contributed by atoms with Gasteiger partial charge >= 0.3 is 0 Å². The minimum Gasteiger partial charge on any atom is -0.298 e. The predicted molar refractivity (Wildman–Crippen MR) is 96.4 cm³/mol. The predicted octanol–water partition coefficient (Wildman–Crippen LogP) is 4.06. The van der Waals surface area contributed by atoms with E-state index in [1.54, 1.807) is 0 Å². The van der Waals surface area contributed by atoms with E-state index in [0.29, 0.717) is 5.78 Å². The van der Waals surface area contributed by atoms with Crippen LogP contribution in [0.15, 0.2) is 48.5 Å². The van der Waals surface area contributed by atoms with E-state index in [1.165, 1.54) is 11.1 Å². The molecular formula is C21H20O2S. The molecule has 2 nitrogen and oxygen atoms in total. The Morgan fingerprint density at radius 3 is 1.88 bits per heavy atom. The summed E-state index contributed by atoms with van der Waals surface area (Å²) in [5, 5.41) is 0.509. The van der Waals surface area contributed by atoms with E-state index in [0.717, 1.165) is 36.8 Å². The van der Waals surface area contributed by atoms with Crippen molar-refractivity contribution in [3.63, 3.8) is 0 Å². The van der Waals surface area contributed by atoms with Crippen molar-refractivity contribution < 1.29 is 9.00 Å². The minimum absolute atomic E-state index is 0.0735. The molecule has 122 valence electrons. The van der Waals surface area contributed by atoms with Crippen molar-refractivity contribution in [2.24, 2.45) is 5.92 Å². The van der Waals surface area contributed by atoms with Gasteiger partial charge in [0.05, 0.1) is 5.92 Å². The zero-order valence-electron chi connectivity index (χ0n) is 13.5. The Morgan fingerprint density at radius 2 is 1.33 bits per heavy atom. The molecule has 3 heteroatoms. The first-order valence-electron chi connectivity index (χ1n) is 8.85. The van der Waals surface area contributed by atoms with Crippen LogP contribution in [0.1, 0.15) is 42.7 Å². The molecule has 5 rings (SSSR count). The van der Waals surface area contributed by atoms with Crippen LogP contribution in [0.2, 0.25) is 0 Å². The van der Waals surface area contributed by atoms with E-state index >= 15 is 0 Å². The first-order valence-corrected chi connectivity index (χ1v) is 10.1. The zero-order chi connectivity index (χ0) is 16.3. The van der Waals surface area contributed by atoms with Gasteiger partial charge in [-0.2, -0.15) is 0 Å². The summed E-state index contributed by atoms with van der Waals surface area (Å²) >= 11 is 0. The molecule has 2 bridgehead atoms. The molecule has 0 aromatic heterocycles. The molecule has 2 fully saturated rings. The summed E-state index contributed by atoms with van der Waals surface area (Å²) in [4.78, 5) is 13.5. The number of hydrogen-bond acceptors (Lipinski definition) is 2. The lowest BCUT2D eigenvalue weighted by Gasteiger charge is -2.28. The molecule has 3 aliphatic rings. The van der Waals surface area contributed by atoms with Gasteiger partial charge in [-0.3, -0.25) is 9.00 Å². The average Bonchev–Trinajstić information content (AvgIpc) is 3.02. The third-order valence-electron chi connectivity index (χ3n) is 6.08. The summed E-state index contributed by atoms with van der Waals surface area (Å²) in [6.07, 6.45) is 3.73. The Bertz CT molecular complexity index is 795. The quantitative estimate of drug-likeness (QED) is 0.829. The summed E-state index contributed by atoms with van der Waals surface area (Å²) in [6, 6.07) is 16.6. The highest BCUT2D eigenvalue weighted by molar-refractivity contribution is 7.86. The fraction of sp³-hybridized carbons (Fsp3) is 0.381. The SMILES string of the molecule is O=C(C1CC2CCC(C1)S2=O)C1c2ccccc2-c2ccccc21. The smallest absolute Gasteiger partial charge is 0.147 e. The maximum Gasteiger partial charge on any atom is 0.147 e. The van der Waals surface area contributed by atoms with Crippen molar-refractivity contribution in [1.82, 2.24) is 0 Å². The van der Waals surface area contributed by atoms with Gasteiger partial charge in [-0.05, 0) is 47.9 Å². The van der Waals surface area contributed by atoms with Gasteiger partial charge < -0.3 is 0 Å². The maximum atomic E-state index is 13.5. The Morgan fingerprint density at radius 1 is 0.833 bits per heavy atom. The highest BCUT2D eigenvalue weighted by Gasteiger charge is 2.45. The van der Waals surface area contributed by atoms with Crippen LogP contribution in [0.5, 0.6) is 0 Å². The lowest BCUT2D eigenvalue weighted by Crippen LogP contribution is -2.34. The van der Waals surface area contributed by atoms with Gasteiger partial charge in [0.15, 0.2) is 0 Å². The fourth-order valence-corrected chi connectivity index (χ4v) is 7.09. The van der Waals surface area contributed by atoms with Crippen LogP contribution in [0.3, 0.4) is 0 Å². The molecule has 2 saturated heterocycles. The highest BCUT2D eigenvalue weighted by atomic mass is 32.2. The lowest BCUT2D eigenvalue weighted by atomic mass is 9.82. The van der Waals surface area contributed by atoms with Gasteiger partial charge in [0.1, 0.15) is 5.78 Å². The molecule has 24 heavy (non-hydrogen) atoms. The monoisotopic (exact) mass is 336 g/mol. The number of carbonyl (C=O) groups is 1. The van der Waals surface area contributed by atoms with E-state index in [2.05, 4.69) is 24.3 Å². The van der Waals surface area contributed by atoms with Crippen LogP contribution >= 0.6 is 0 Å². The number of rotatable bonds is 2. The molecule has 2 atom stereocenters. The maximum absolute atomic E-state index is 13.5. The third kappa shape index (κ3) is 2.00. The molecule has 2 aromatic rings. The molecule has 1 aliphatic carbocycles. The van der Waals surface area contributed by atoms with E-state index < -0.39 is 10.8 Å². The van der Waals surface area contributed by atoms with E-state index in [-0.39, 0.29) is 22.3 Å². The number of hydrogen-bond donors (Lipinski definition) is 0. The van der Waals surface area contributed by atoms with Crippen molar-refractivity contribution in [3.8, 4) is 11.1 Å². The van der Waals surface area contributed by atoms with Gasteiger partial charge in [-0.25, -0.2) is 0 Å². The standard InChI is InChI=1S/C21H20O2S/c22-21(13-11-14-9-10-15(12-13)24(14)23)20-18-7-3-1-5-16(18)17-6-2-4-8-19(17)20/h1-8,13-15,20H,9-12H2. The molecule has 0 radical (unpaired) electrons. The minimum atomic E-state index is -0.700. The van der Waals surface area contributed by atoms with Crippen LogP contribution in [-0.4, -0.2) is 20.5 Å². The Kier molecular flexibility index (Phi) is 3.27. The molecule has 2 aromatic carbocycles. The van der Waals surface area contributed by atoms with Crippen LogP contribution in [0, 0.1) is 5.92 Å². The Balaban J connectivity index is 1.55. The first-order chi connectivity index (χ1) is 11.7. The number of Topliss-reactive ketones (excluding diaryl/α,β-unsaturated/α-hetero) is 1. The van der Waals surface area contributed by atoms with Crippen LogP contribution < -0.4 is 0 Å². The second-order valence-electron chi connectivity index (χ2n) is 7.33. The molecule has 2 aliphatic heterocycles. The lowest BCUT2D eigenvalue weighted by molar-refractivity contribution is -0.123. The molecule has 0 N–H and O–H groups in total. The van der Waals surface area contributed by atoms with Crippen LogP contribution in [0.4, 0.5) is 0 Å². The molecule has 0 amide bonds. The van der Waals surface area contributed by atoms with Crippen LogP contribution in [-0.2, 0) is 15.6 Å². The summed E-state index contributed by atoms with van der Waals surface area (Å²) in [5.41, 5.74) is 4.72.